The zero-order chi connectivity index (χ0) is 23.5. The third-order valence-corrected chi connectivity index (χ3v) is 24.6. The highest BCUT2D eigenvalue weighted by atomic mass is 33.9. The van der Waals surface area contributed by atoms with Crippen LogP contribution in [0.2, 0.25) is 11.1 Å². The zero-order valence-electron chi connectivity index (χ0n) is 19.9. The van der Waals surface area contributed by atoms with E-state index >= 15 is 0 Å². The molecule has 2 aliphatic carbocycles. The molecule has 0 spiro atoms. The van der Waals surface area contributed by atoms with Crippen molar-refractivity contribution in [2.45, 2.75) is 72.9 Å². The molecule has 32 heavy (non-hydrogen) atoms. The topological polar surface area (TPSA) is 55.4 Å². The van der Waals surface area contributed by atoms with Crippen LogP contribution in [0.5, 0.6) is 0 Å². The summed E-state index contributed by atoms with van der Waals surface area (Å²) in [6.45, 7) is 0. The molecule has 0 heterocycles. The van der Waals surface area contributed by atoms with Gasteiger partial charge in [-0.05, 0) is 77.8 Å². The Kier molecular flexibility index (Phi) is 15.5. The van der Waals surface area contributed by atoms with Crippen molar-refractivity contribution in [1.29, 1.82) is 0 Å². The summed E-state index contributed by atoms with van der Waals surface area (Å²) < 4.78 is 34.4. The molecule has 0 aromatic rings. The molecule has 0 aromatic carbocycles. The first-order chi connectivity index (χ1) is 15.5. The van der Waals surface area contributed by atoms with Gasteiger partial charge in [0.25, 0.3) is 0 Å². The predicted octanol–water partition coefficient (Wildman–Crippen LogP) is 7.34. The van der Waals surface area contributed by atoms with Gasteiger partial charge in [0.1, 0.15) is 0 Å². The molecule has 14 heteroatoms. The molecule has 2 rings (SSSR count). The van der Waals surface area contributed by atoms with E-state index in [2.05, 4.69) is 0 Å². The van der Waals surface area contributed by atoms with Crippen molar-refractivity contribution < 1.29 is 26.6 Å². The highest BCUT2D eigenvalue weighted by Gasteiger charge is 2.50. The van der Waals surface area contributed by atoms with E-state index in [4.69, 9.17) is 26.6 Å². The van der Waals surface area contributed by atoms with Crippen LogP contribution in [-0.2, 0) is 26.6 Å². The van der Waals surface area contributed by atoms with Crippen LogP contribution in [0.15, 0.2) is 0 Å². The Morgan fingerprint density at radius 2 is 0.844 bits per heavy atom. The molecule has 6 nitrogen and oxygen atoms in total. The second kappa shape index (κ2) is 16.2. The normalized spacial score (nSPS) is 27.6. The molecule has 0 aromatic heterocycles. The van der Waals surface area contributed by atoms with E-state index in [1.54, 1.807) is 42.7 Å². The molecular weight excluding hydrogens is 561 g/mol. The molecule has 0 N–H and O–H groups in total. The third kappa shape index (κ3) is 8.42. The average molecular weight is 599 g/mol. The van der Waals surface area contributed by atoms with Gasteiger partial charge in [0.2, 0.25) is 0 Å². The zero-order valence-corrected chi connectivity index (χ0v) is 26.8. The SMILES string of the molecule is CO[Si](OC)(OC)C1CCCC(SSSSSSC2CCCC([Si](OC)(OC)OC)C2)C1. The summed E-state index contributed by atoms with van der Waals surface area (Å²) in [6, 6.07) is 0. The van der Waals surface area contributed by atoms with Crippen LogP contribution in [0.3, 0.4) is 0 Å². The van der Waals surface area contributed by atoms with Gasteiger partial charge in [-0.3, -0.25) is 0 Å². The van der Waals surface area contributed by atoms with E-state index < -0.39 is 17.6 Å². The molecule has 2 fully saturated rings. The van der Waals surface area contributed by atoms with Gasteiger partial charge in [0.05, 0.1) is 0 Å². The highest BCUT2D eigenvalue weighted by molar-refractivity contribution is 9.41. The minimum atomic E-state index is -2.53. The lowest BCUT2D eigenvalue weighted by Gasteiger charge is -2.37. The van der Waals surface area contributed by atoms with E-state index in [1.165, 1.54) is 25.7 Å². The molecule has 0 saturated heterocycles. The van der Waals surface area contributed by atoms with Gasteiger partial charge in [-0.2, -0.15) is 0 Å². The highest BCUT2D eigenvalue weighted by Crippen LogP contribution is 2.57. The van der Waals surface area contributed by atoms with Crippen molar-refractivity contribution in [1.82, 2.24) is 0 Å². The van der Waals surface area contributed by atoms with E-state index in [0.29, 0.717) is 21.6 Å². The van der Waals surface area contributed by atoms with Crippen molar-refractivity contribution in [3.05, 3.63) is 0 Å². The van der Waals surface area contributed by atoms with Gasteiger partial charge < -0.3 is 26.6 Å². The van der Waals surface area contributed by atoms with Gasteiger partial charge >= 0.3 is 17.6 Å². The fraction of sp³-hybridized carbons (Fsp3) is 1.00. The molecule has 190 valence electrons. The summed E-state index contributed by atoms with van der Waals surface area (Å²) in [5, 5.41) is 1.26. The first-order valence-corrected chi connectivity index (χ1v) is 22.0. The average Bonchev–Trinajstić information content (AvgIpc) is 2.85. The predicted molar refractivity (Wildman–Crippen MR) is 151 cm³/mol. The van der Waals surface area contributed by atoms with Gasteiger partial charge in [-0.15, -0.1) is 0 Å². The molecule has 0 aliphatic heterocycles. The van der Waals surface area contributed by atoms with Gasteiger partial charge in [-0.25, -0.2) is 0 Å². The Morgan fingerprint density at radius 1 is 0.500 bits per heavy atom. The summed E-state index contributed by atoms with van der Waals surface area (Å²) in [4.78, 5) is 0. The molecule has 0 amide bonds. The molecular formula is C18H38O6S6Si2. The second-order valence-corrected chi connectivity index (χ2v) is 24.3. The fourth-order valence-electron chi connectivity index (χ4n) is 4.77. The lowest BCUT2D eigenvalue weighted by atomic mass is 9.99. The van der Waals surface area contributed by atoms with E-state index in [-0.39, 0.29) is 0 Å². The summed E-state index contributed by atoms with van der Waals surface area (Å²) >= 11 is 0. The van der Waals surface area contributed by atoms with E-state index in [0.717, 1.165) is 25.7 Å². The third-order valence-electron chi connectivity index (χ3n) is 6.39. The standard InChI is InChI=1S/C18H38O6S6Si2/c1-19-31(20-2,21-3)17-11-7-9-15(13-17)25-27-29-30-28-26-16-10-8-12-18(14-16)32(22-4,23-5)24-6/h15-18H,7-14H2,1-6H3. The Bertz CT molecular complexity index is 460. The molecule has 2 aliphatic rings. The first-order valence-electron chi connectivity index (χ1n) is 10.8. The van der Waals surface area contributed by atoms with Crippen LogP contribution >= 0.6 is 60.9 Å². The maximum absolute atomic E-state index is 5.73. The van der Waals surface area contributed by atoms with Gasteiger partial charge in [-0.1, -0.05) is 34.4 Å². The second-order valence-electron chi connectivity index (χ2n) is 7.87. The largest absolute Gasteiger partial charge is 0.503 e. The quantitative estimate of drug-likeness (QED) is 0.108. The van der Waals surface area contributed by atoms with E-state index in [9.17, 15) is 0 Å². The summed E-state index contributed by atoms with van der Waals surface area (Å²) in [5.41, 5.74) is 0.802. The summed E-state index contributed by atoms with van der Waals surface area (Å²) in [7, 11) is 16.8. The molecule has 0 radical (unpaired) electrons. The summed E-state index contributed by atoms with van der Waals surface area (Å²) in [6.07, 6.45) is 9.45. The Morgan fingerprint density at radius 3 is 1.16 bits per heavy atom. The Labute approximate surface area is 219 Å². The van der Waals surface area contributed by atoms with E-state index in [1.807, 2.05) is 60.9 Å². The Balaban J connectivity index is 1.65. The molecule has 2 saturated carbocycles. The van der Waals surface area contributed by atoms with Crippen molar-refractivity contribution >= 4 is 78.5 Å². The minimum Gasteiger partial charge on any atom is -0.377 e. The molecule has 0 bridgehead atoms. The van der Waals surface area contributed by atoms with Crippen molar-refractivity contribution in [2.24, 2.45) is 0 Å². The van der Waals surface area contributed by atoms with Gasteiger partial charge in [0.15, 0.2) is 0 Å². The van der Waals surface area contributed by atoms with Crippen LogP contribution in [0.25, 0.3) is 0 Å². The van der Waals surface area contributed by atoms with Crippen LogP contribution in [0, 0.1) is 0 Å². The van der Waals surface area contributed by atoms with Crippen LogP contribution in [0.4, 0.5) is 0 Å². The maximum atomic E-state index is 5.73. The monoisotopic (exact) mass is 598 g/mol. The van der Waals surface area contributed by atoms with Crippen LogP contribution in [-0.4, -0.2) is 70.8 Å². The minimum absolute atomic E-state index is 0.401. The van der Waals surface area contributed by atoms with Gasteiger partial charge in [0, 0.05) is 64.2 Å². The van der Waals surface area contributed by atoms with Crippen LogP contribution < -0.4 is 0 Å². The number of rotatable bonds is 15. The van der Waals surface area contributed by atoms with Crippen molar-refractivity contribution in [2.75, 3.05) is 42.7 Å². The lowest BCUT2D eigenvalue weighted by Crippen LogP contribution is -2.49. The number of hydrogen-bond acceptors (Lipinski definition) is 12. The summed E-state index contributed by atoms with van der Waals surface area (Å²) in [5.74, 6) is 0. The number of hydrogen-bond donors (Lipinski definition) is 0. The molecule has 4 atom stereocenters. The van der Waals surface area contributed by atoms with Crippen LogP contribution in [0.1, 0.15) is 51.4 Å². The maximum Gasteiger partial charge on any atom is 0.503 e. The fourth-order valence-corrected chi connectivity index (χ4v) is 23.5. The van der Waals surface area contributed by atoms with Crippen molar-refractivity contribution in [3.63, 3.8) is 0 Å². The first kappa shape index (κ1) is 30.5. The Hall–Kier alpha value is 2.29. The molecule has 4 unspecified atom stereocenters. The van der Waals surface area contributed by atoms with Crippen molar-refractivity contribution in [3.8, 4) is 0 Å². The smallest absolute Gasteiger partial charge is 0.377 e. The lowest BCUT2D eigenvalue weighted by molar-refractivity contribution is 0.104.